The Balaban J connectivity index is 1.49. The highest BCUT2D eigenvalue weighted by Gasteiger charge is 2.33. The van der Waals surface area contributed by atoms with Crippen molar-refractivity contribution >= 4 is 17.7 Å². The number of aromatic amines is 1. The van der Waals surface area contributed by atoms with Gasteiger partial charge >= 0.3 is 0 Å². The first kappa shape index (κ1) is 18.2. The van der Waals surface area contributed by atoms with Crippen LogP contribution in [0.25, 0.3) is 11.4 Å². The quantitative estimate of drug-likeness (QED) is 0.825. The molecule has 3 heterocycles. The number of rotatable bonds is 4. The zero-order valence-corrected chi connectivity index (χ0v) is 15.8. The number of nitrogens with one attached hydrogen (secondary N) is 1. The van der Waals surface area contributed by atoms with Gasteiger partial charge in [-0.2, -0.15) is 0 Å². The van der Waals surface area contributed by atoms with Gasteiger partial charge in [0, 0.05) is 37.1 Å². The van der Waals surface area contributed by atoms with Gasteiger partial charge in [-0.25, -0.2) is 4.98 Å². The maximum absolute atomic E-state index is 12.9. The van der Waals surface area contributed by atoms with E-state index in [1.807, 2.05) is 0 Å². The smallest absolute Gasteiger partial charge is 0.248 e. The summed E-state index contributed by atoms with van der Waals surface area (Å²) in [7, 11) is 0. The molecule has 1 fully saturated rings. The van der Waals surface area contributed by atoms with Crippen molar-refractivity contribution in [2.45, 2.75) is 38.8 Å². The molecule has 146 valence electrons. The number of nitrogens with two attached hydrogens (primary N) is 1. The number of carbonyl (C=O) groups excluding carboxylic acids is 3. The molecule has 0 aliphatic carbocycles. The van der Waals surface area contributed by atoms with Gasteiger partial charge in [0.1, 0.15) is 11.9 Å². The van der Waals surface area contributed by atoms with E-state index in [4.69, 9.17) is 5.73 Å². The Labute approximate surface area is 162 Å². The van der Waals surface area contributed by atoms with Crippen molar-refractivity contribution in [1.29, 1.82) is 0 Å². The number of primary amides is 1. The molecule has 4 rings (SSSR count). The third-order valence-corrected chi connectivity index (χ3v) is 5.52. The van der Waals surface area contributed by atoms with E-state index < -0.39 is 11.9 Å². The van der Waals surface area contributed by atoms with Gasteiger partial charge in [-0.15, -0.1) is 0 Å². The van der Waals surface area contributed by atoms with Crippen LogP contribution in [0.4, 0.5) is 0 Å². The van der Waals surface area contributed by atoms with Crippen LogP contribution in [-0.4, -0.2) is 56.6 Å². The summed E-state index contributed by atoms with van der Waals surface area (Å²) >= 11 is 0. The summed E-state index contributed by atoms with van der Waals surface area (Å²) in [6, 6.07) is 6.51. The Hall–Kier alpha value is -3.16. The molecule has 0 radical (unpaired) electrons. The SMILES string of the molecule is C[C@@H](C(=O)N1CCc2nc(-c3ccc(C(N)=O)cc3)[nH]c2C1)N1CCCC1=O. The second kappa shape index (κ2) is 7.10. The maximum atomic E-state index is 12.9. The molecule has 2 aliphatic heterocycles. The van der Waals surface area contributed by atoms with Crippen molar-refractivity contribution < 1.29 is 14.4 Å². The lowest BCUT2D eigenvalue weighted by Crippen LogP contribution is -2.49. The number of amides is 3. The summed E-state index contributed by atoms with van der Waals surface area (Å²) in [5.74, 6) is 0.271. The van der Waals surface area contributed by atoms with Gasteiger partial charge in [0.15, 0.2) is 0 Å². The second-order valence-corrected chi connectivity index (χ2v) is 7.33. The monoisotopic (exact) mass is 381 g/mol. The lowest BCUT2D eigenvalue weighted by Gasteiger charge is -2.32. The standard InChI is InChI=1S/C20H23N5O3/c1-12(25-9-2-3-17(25)26)20(28)24-10-8-15-16(11-24)23-19(22-15)14-6-4-13(5-7-14)18(21)27/h4-7,12H,2-3,8-11H2,1H3,(H2,21,27)(H,22,23)/t12-/m0/s1. The van der Waals surface area contributed by atoms with E-state index in [0.717, 1.165) is 23.4 Å². The average Bonchev–Trinajstić information content (AvgIpc) is 3.32. The van der Waals surface area contributed by atoms with Gasteiger partial charge in [-0.3, -0.25) is 14.4 Å². The Morgan fingerprint density at radius 1 is 1.18 bits per heavy atom. The Kier molecular flexibility index (Phi) is 4.62. The second-order valence-electron chi connectivity index (χ2n) is 7.33. The number of aromatic nitrogens is 2. The van der Waals surface area contributed by atoms with Crippen LogP contribution in [0.15, 0.2) is 24.3 Å². The minimum Gasteiger partial charge on any atom is -0.366 e. The molecule has 1 atom stereocenters. The van der Waals surface area contributed by atoms with Gasteiger partial charge in [0.05, 0.1) is 17.9 Å². The highest BCUT2D eigenvalue weighted by molar-refractivity contribution is 5.93. The number of nitrogens with zero attached hydrogens (tertiary/aromatic N) is 3. The zero-order chi connectivity index (χ0) is 19.8. The largest absolute Gasteiger partial charge is 0.366 e. The van der Waals surface area contributed by atoms with Crippen molar-refractivity contribution in [3.63, 3.8) is 0 Å². The summed E-state index contributed by atoms with van der Waals surface area (Å²) in [6.07, 6.45) is 2.01. The number of likely N-dealkylation sites (tertiary alicyclic amines) is 1. The van der Waals surface area contributed by atoms with E-state index in [0.29, 0.717) is 43.9 Å². The number of hydrogen-bond acceptors (Lipinski definition) is 4. The van der Waals surface area contributed by atoms with Gasteiger partial charge < -0.3 is 20.5 Å². The molecule has 0 spiro atoms. The predicted molar refractivity (Wildman–Crippen MR) is 102 cm³/mol. The van der Waals surface area contributed by atoms with E-state index in [-0.39, 0.29) is 11.8 Å². The molecule has 3 N–H and O–H groups in total. The van der Waals surface area contributed by atoms with Crippen LogP contribution in [0.2, 0.25) is 0 Å². The van der Waals surface area contributed by atoms with E-state index in [2.05, 4.69) is 9.97 Å². The van der Waals surface area contributed by atoms with Crippen molar-refractivity contribution in [3.05, 3.63) is 41.2 Å². The first-order valence-corrected chi connectivity index (χ1v) is 9.50. The average molecular weight is 381 g/mol. The predicted octanol–water partition coefficient (Wildman–Crippen LogP) is 1.07. The van der Waals surface area contributed by atoms with Crippen LogP contribution in [0, 0.1) is 0 Å². The molecule has 2 aliphatic rings. The number of imidazole rings is 1. The molecule has 2 aromatic rings. The maximum Gasteiger partial charge on any atom is 0.248 e. The number of fused-ring (bicyclic) bond motifs is 1. The molecule has 1 saturated heterocycles. The molecule has 1 aromatic heterocycles. The summed E-state index contributed by atoms with van der Waals surface area (Å²) in [6.45, 7) is 3.50. The Morgan fingerprint density at radius 3 is 2.57 bits per heavy atom. The fourth-order valence-electron chi connectivity index (χ4n) is 3.89. The third-order valence-electron chi connectivity index (χ3n) is 5.52. The van der Waals surface area contributed by atoms with Crippen molar-refractivity contribution in [1.82, 2.24) is 19.8 Å². The molecule has 0 bridgehead atoms. The molecular weight excluding hydrogens is 358 g/mol. The van der Waals surface area contributed by atoms with E-state index in [1.165, 1.54) is 0 Å². The summed E-state index contributed by atoms with van der Waals surface area (Å²) in [4.78, 5) is 47.4. The third kappa shape index (κ3) is 3.26. The molecule has 8 nitrogen and oxygen atoms in total. The summed E-state index contributed by atoms with van der Waals surface area (Å²) < 4.78 is 0. The van der Waals surface area contributed by atoms with Crippen LogP contribution in [0.5, 0.6) is 0 Å². The number of hydrogen-bond donors (Lipinski definition) is 2. The molecule has 0 unspecified atom stereocenters. The molecule has 0 saturated carbocycles. The molecule has 8 heteroatoms. The number of H-pyrrole nitrogens is 1. The molecule has 28 heavy (non-hydrogen) atoms. The minimum atomic E-state index is -0.468. The fraction of sp³-hybridized carbons (Fsp3) is 0.400. The van der Waals surface area contributed by atoms with Gasteiger partial charge in [-0.05, 0) is 25.5 Å². The number of benzene rings is 1. The van der Waals surface area contributed by atoms with Crippen LogP contribution >= 0.6 is 0 Å². The molecular formula is C20H23N5O3. The lowest BCUT2D eigenvalue weighted by atomic mass is 10.1. The van der Waals surface area contributed by atoms with Gasteiger partial charge in [0.25, 0.3) is 0 Å². The highest BCUT2D eigenvalue weighted by Crippen LogP contribution is 2.24. The lowest BCUT2D eigenvalue weighted by molar-refractivity contribution is -0.143. The highest BCUT2D eigenvalue weighted by atomic mass is 16.2. The van der Waals surface area contributed by atoms with E-state index in [1.54, 1.807) is 41.0 Å². The first-order chi connectivity index (χ1) is 13.4. The van der Waals surface area contributed by atoms with E-state index >= 15 is 0 Å². The minimum absolute atomic E-state index is 0.0251. The summed E-state index contributed by atoms with van der Waals surface area (Å²) in [5.41, 5.74) is 8.44. The van der Waals surface area contributed by atoms with Gasteiger partial charge in [0.2, 0.25) is 17.7 Å². The normalized spacial score (nSPS) is 17.5. The Bertz CT molecular complexity index is 934. The van der Waals surface area contributed by atoms with Crippen LogP contribution in [0.3, 0.4) is 0 Å². The van der Waals surface area contributed by atoms with Crippen molar-refractivity contribution in [2.24, 2.45) is 5.73 Å². The summed E-state index contributed by atoms with van der Waals surface area (Å²) in [5, 5.41) is 0. The number of carbonyl (C=O) groups is 3. The molecule has 1 aromatic carbocycles. The van der Waals surface area contributed by atoms with Crippen LogP contribution in [0.1, 0.15) is 41.5 Å². The first-order valence-electron chi connectivity index (χ1n) is 9.50. The molecule has 3 amide bonds. The van der Waals surface area contributed by atoms with Crippen molar-refractivity contribution in [3.8, 4) is 11.4 Å². The van der Waals surface area contributed by atoms with Crippen LogP contribution in [-0.2, 0) is 22.6 Å². The zero-order valence-electron chi connectivity index (χ0n) is 15.8. The topological polar surface area (TPSA) is 112 Å². The van der Waals surface area contributed by atoms with E-state index in [9.17, 15) is 14.4 Å². The van der Waals surface area contributed by atoms with Gasteiger partial charge in [-0.1, -0.05) is 12.1 Å². The Morgan fingerprint density at radius 2 is 1.93 bits per heavy atom. The van der Waals surface area contributed by atoms with Crippen molar-refractivity contribution in [2.75, 3.05) is 13.1 Å². The van der Waals surface area contributed by atoms with Crippen LogP contribution < -0.4 is 5.73 Å². The fourth-order valence-corrected chi connectivity index (χ4v) is 3.89.